The van der Waals surface area contributed by atoms with Crippen LogP contribution in [0.5, 0.6) is 11.5 Å². The van der Waals surface area contributed by atoms with Gasteiger partial charge in [0, 0.05) is 17.0 Å². The van der Waals surface area contributed by atoms with E-state index in [-0.39, 0.29) is 18.3 Å². The maximum atomic E-state index is 13.9. The molecule has 33 heavy (non-hydrogen) atoms. The summed E-state index contributed by atoms with van der Waals surface area (Å²) in [7, 11) is 1.54. The first-order valence-electron chi connectivity index (χ1n) is 9.97. The number of nitrogens with zero attached hydrogens (tertiary/aromatic N) is 2. The second kappa shape index (κ2) is 9.86. The van der Waals surface area contributed by atoms with Gasteiger partial charge >= 0.3 is 0 Å². The molecule has 2 aromatic carbocycles. The van der Waals surface area contributed by atoms with Gasteiger partial charge in [-0.05, 0) is 90.6 Å². The van der Waals surface area contributed by atoms with E-state index in [1.165, 1.54) is 22.8 Å². The lowest BCUT2D eigenvalue weighted by Crippen LogP contribution is -2.39. The van der Waals surface area contributed by atoms with Crippen LogP contribution in [0, 0.1) is 23.2 Å². The largest absolute Gasteiger partial charge is 0.493 e. The van der Waals surface area contributed by atoms with Crippen molar-refractivity contribution >= 4 is 62.9 Å². The lowest BCUT2D eigenvalue weighted by atomic mass is 10.1. The molecule has 4 rings (SSSR count). The first-order chi connectivity index (χ1) is 15.8. The van der Waals surface area contributed by atoms with E-state index in [4.69, 9.17) is 21.7 Å². The minimum absolute atomic E-state index is 0.0760. The van der Waals surface area contributed by atoms with Gasteiger partial charge in [0.2, 0.25) is 0 Å². The molecule has 1 fully saturated rings. The average Bonchev–Trinajstić information content (AvgIpc) is 3.24. The van der Waals surface area contributed by atoms with Crippen molar-refractivity contribution in [3.63, 3.8) is 0 Å². The predicted molar refractivity (Wildman–Crippen MR) is 142 cm³/mol. The number of thiocarbonyl (C=S) groups is 1. The maximum Gasteiger partial charge on any atom is 0.285 e. The number of carbonyl (C=O) groups excluding carboxylic acids is 1. The molecule has 2 heterocycles. The van der Waals surface area contributed by atoms with Gasteiger partial charge in [-0.25, -0.2) is 4.39 Å². The number of benzene rings is 2. The molecule has 170 valence electrons. The van der Waals surface area contributed by atoms with Gasteiger partial charge in [-0.1, -0.05) is 30.0 Å². The maximum absolute atomic E-state index is 13.9. The number of amides is 1. The fourth-order valence-corrected chi connectivity index (χ4v) is 5.51. The summed E-state index contributed by atoms with van der Waals surface area (Å²) >= 11 is 8.89. The van der Waals surface area contributed by atoms with Crippen molar-refractivity contribution in [2.75, 3.05) is 12.1 Å². The monoisotopic (exact) mass is 594 g/mol. The van der Waals surface area contributed by atoms with E-state index in [9.17, 15) is 9.18 Å². The summed E-state index contributed by atoms with van der Waals surface area (Å²) in [4.78, 5) is 13.7. The SMILES string of the molecule is COc1cc(/C=C2/SC(=S)N(n3c(C)ccc3C)C2=O)cc(I)c1OCc1ccccc1F. The first kappa shape index (κ1) is 23.8. The molecule has 1 aliphatic heterocycles. The van der Waals surface area contributed by atoms with Crippen molar-refractivity contribution in [1.29, 1.82) is 0 Å². The van der Waals surface area contributed by atoms with E-state index in [1.807, 2.05) is 36.7 Å². The second-order valence-corrected chi connectivity index (χ2v) is 10.2. The van der Waals surface area contributed by atoms with Gasteiger partial charge in [0.05, 0.1) is 15.6 Å². The molecule has 0 aliphatic carbocycles. The van der Waals surface area contributed by atoms with Crippen molar-refractivity contribution in [2.45, 2.75) is 20.5 Å². The smallest absolute Gasteiger partial charge is 0.285 e. The number of hydrogen-bond donors (Lipinski definition) is 0. The lowest BCUT2D eigenvalue weighted by molar-refractivity contribution is -0.114. The molecule has 0 spiro atoms. The zero-order valence-corrected chi connectivity index (χ0v) is 21.9. The summed E-state index contributed by atoms with van der Waals surface area (Å²) in [5.74, 6) is 0.515. The van der Waals surface area contributed by atoms with E-state index in [0.29, 0.717) is 26.3 Å². The van der Waals surface area contributed by atoms with Crippen LogP contribution in [0.3, 0.4) is 0 Å². The molecule has 0 atom stereocenters. The van der Waals surface area contributed by atoms with Gasteiger partial charge < -0.3 is 9.47 Å². The third kappa shape index (κ3) is 4.80. The van der Waals surface area contributed by atoms with Crippen molar-refractivity contribution in [1.82, 2.24) is 4.68 Å². The highest BCUT2D eigenvalue weighted by molar-refractivity contribution is 14.1. The fraction of sp³-hybridized carbons (Fsp3) is 0.167. The number of methoxy groups -OCH3 is 1. The Hall–Kier alpha value is -2.37. The van der Waals surface area contributed by atoms with Gasteiger partial charge in [0.1, 0.15) is 12.4 Å². The van der Waals surface area contributed by atoms with Gasteiger partial charge in [0.15, 0.2) is 15.8 Å². The number of aromatic nitrogens is 1. The van der Waals surface area contributed by atoms with Crippen molar-refractivity contribution in [3.05, 3.63) is 85.3 Å². The highest BCUT2D eigenvalue weighted by Crippen LogP contribution is 2.38. The Bertz CT molecular complexity index is 1270. The molecular formula is C24H20FIN2O3S2. The van der Waals surface area contributed by atoms with Gasteiger partial charge in [-0.2, -0.15) is 5.01 Å². The minimum atomic E-state index is -0.321. The number of hydrogen-bond acceptors (Lipinski definition) is 5. The predicted octanol–water partition coefficient (Wildman–Crippen LogP) is 5.97. The molecule has 3 aromatic rings. The standard InChI is InChI=1S/C24H20FIN2O3S2/c1-14-8-9-15(2)27(14)28-23(29)21(33-24(28)32)12-16-10-19(26)22(20(11-16)30-3)31-13-17-6-4-5-7-18(17)25/h4-12H,13H2,1-3H3/b21-12+. The highest BCUT2D eigenvalue weighted by atomic mass is 127. The molecular weight excluding hydrogens is 574 g/mol. The molecule has 0 unspecified atom stereocenters. The van der Waals surface area contributed by atoms with Crippen LogP contribution >= 0.6 is 46.6 Å². The Balaban J connectivity index is 1.61. The van der Waals surface area contributed by atoms with Crippen molar-refractivity contribution in [3.8, 4) is 11.5 Å². The summed E-state index contributed by atoms with van der Waals surface area (Å²) in [5, 5.41) is 1.52. The zero-order valence-electron chi connectivity index (χ0n) is 18.1. The van der Waals surface area contributed by atoms with E-state index in [2.05, 4.69) is 22.6 Å². The van der Waals surface area contributed by atoms with Crippen LogP contribution in [0.1, 0.15) is 22.5 Å². The number of carbonyl (C=O) groups is 1. The third-order valence-electron chi connectivity index (χ3n) is 5.09. The number of aryl methyl sites for hydroxylation is 2. The summed E-state index contributed by atoms with van der Waals surface area (Å²) in [6.07, 6.45) is 1.79. The summed E-state index contributed by atoms with van der Waals surface area (Å²) in [6, 6.07) is 14.1. The third-order valence-corrected chi connectivity index (χ3v) is 7.17. The number of ether oxygens (including phenoxy) is 2. The van der Waals surface area contributed by atoms with Crippen LogP contribution in [-0.4, -0.2) is 22.0 Å². The molecule has 1 aromatic heterocycles. The van der Waals surface area contributed by atoms with Crippen LogP contribution in [0.25, 0.3) is 6.08 Å². The van der Waals surface area contributed by atoms with E-state index < -0.39 is 0 Å². The normalized spacial score (nSPS) is 14.9. The summed E-state index contributed by atoms with van der Waals surface area (Å²) in [6.45, 7) is 3.94. The first-order valence-corrected chi connectivity index (χ1v) is 12.3. The van der Waals surface area contributed by atoms with Crippen LogP contribution in [0.2, 0.25) is 0 Å². The van der Waals surface area contributed by atoms with Gasteiger partial charge in [0.25, 0.3) is 5.91 Å². The lowest BCUT2D eigenvalue weighted by Gasteiger charge is -2.20. The molecule has 0 N–H and O–H groups in total. The van der Waals surface area contributed by atoms with Gasteiger partial charge in [-0.15, -0.1) is 0 Å². The van der Waals surface area contributed by atoms with Crippen LogP contribution in [0.4, 0.5) is 4.39 Å². The molecule has 1 aliphatic rings. The molecule has 0 saturated carbocycles. The summed E-state index contributed by atoms with van der Waals surface area (Å²) in [5.41, 5.74) is 3.09. The van der Waals surface area contributed by atoms with Gasteiger partial charge in [-0.3, -0.25) is 9.47 Å². The Morgan fingerprint density at radius 1 is 1.15 bits per heavy atom. The van der Waals surface area contributed by atoms with E-state index in [0.717, 1.165) is 20.5 Å². The van der Waals surface area contributed by atoms with E-state index in [1.54, 1.807) is 37.5 Å². The van der Waals surface area contributed by atoms with Crippen LogP contribution in [0.15, 0.2) is 53.4 Å². The van der Waals surface area contributed by atoms with Crippen molar-refractivity contribution in [2.24, 2.45) is 0 Å². The molecule has 1 saturated heterocycles. The van der Waals surface area contributed by atoms with Crippen molar-refractivity contribution < 1.29 is 18.7 Å². The zero-order chi connectivity index (χ0) is 23.7. The molecule has 0 radical (unpaired) electrons. The average molecular weight is 594 g/mol. The highest BCUT2D eigenvalue weighted by Gasteiger charge is 2.34. The summed E-state index contributed by atoms with van der Waals surface area (Å²) < 4.78 is 28.4. The van der Waals surface area contributed by atoms with Crippen LogP contribution in [-0.2, 0) is 11.4 Å². The Labute approximate surface area is 214 Å². The number of rotatable bonds is 6. The second-order valence-electron chi connectivity index (χ2n) is 7.34. The number of thioether (sulfide) groups is 1. The molecule has 5 nitrogen and oxygen atoms in total. The van der Waals surface area contributed by atoms with Crippen LogP contribution < -0.4 is 14.5 Å². The molecule has 9 heteroatoms. The van der Waals surface area contributed by atoms with E-state index >= 15 is 0 Å². The Morgan fingerprint density at radius 3 is 2.52 bits per heavy atom. The Morgan fingerprint density at radius 2 is 1.85 bits per heavy atom. The fourth-order valence-electron chi connectivity index (χ4n) is 3.49. The molecule has 1 amide bonds. The Kier molecular flexibility index (Phi) is 7.10. The quantitative estimate of drug-likeness (QED) is 0.200. The molecule has 0 bridgehead atoms. The number of halogens is 2. The topological polar surface area (TPSA) is 43.7 Å². The minimum Gasteiger partial charge on any atom is -0.493 e.